The van der Waals surface area contributed by atoms with Crippen LogP contribution in [0.2, 0.25) is 0 Å². The Morgan fingerprint density at radius 3 is 2.29 bits per heavy atom. The summed E-state index contributed by atoms with van der Waals surface area (Å²) in [5.74, 6) is 0.799. The molecule has 2 saturated heterocycles. The average Bonchev–Trinajstić information content (AvgIpc) is 2.70. The molecule has 2 bridgehead atoms. The molecule has 4 nitrogen and oxygen atoms in total. The predicted octanol–water partition coefficient (Wildman–Crippen LogP) is 4.32. The number of hydrogen-bond acceptors (Lipinski definition) is 3. The van der Waals surface area contributed by atoms with Crippen LogP contribution in [0.4, 0.5) is 0 Å². The van der Waals surface area contributed by atoms with Gasteiger partial charge in [0.05, 0.1) is 7.11 Å². The van der Waals surface area contributed by atoms with Crippen LogP contribution in [-0.4, -0.2) is 36.0 Å². The smallest absolute Gasteiger partial charge is 0.251 e. The summed E-state index contributed by atoms with van der Waals surface area (Å²) in [6.07, 6.45) is 5.86. The van der Waals surface area contributed by atoms with Gasteiger partial charge in [0.1, 0.15) is 5.75 Å². The molecule has 0 radical (unpaired) electrons. The molecule has 2 heterocycles. The largest absolute Gasteiger partial charge is 0.497 e. The first-order valence-electron chi connectivity index (χ1n) is 10.4. The molecule has 2 aliphatic rings. The number of carbonyl (C=O) groups is 1. The number of nitrogens with one attached hydrogen (secondary N) is 1. The number of ether oxygens (including phenoxy) is 1. The van der Waals surface area contributed by atoms with E-state index < -0.39 is 0 Å². The average molecular weight is 379 g/mol. The molecule has 0 aliphatic carbocycles. The van der Waals surface area contributed by atoms with Crippen molar-refractivity contribution in [2.75, 3.05) is 7.11 Å². The molecular formula is C24H30N2O2. The summed E-state index contributed by atoms with van der Waals surface area (Å²) in [6.45, 7) is 3.16. The van der Waals surface area contributed by atoms with Gasteiger partial charge in [0.2, 0.25) is 0 Å². The van der Waals surface area contributed by atoms with Crippen molar-refractivity contribution in [2.45, 2.75) is 63.7 Å². The van der Waals surface area contributed by atoms with Crippen molar-refractivity contribution in [1.82, 2.24) is 10.2 Å². The standard InChI is InChI=1S/C24H30N2O2/c1-17-6-8-18(9-7-17)16-26-21-4-3-5-22(26)15-20(14-21)25-24(27)19-10-12-23(28-2)13-11-19/h6-13,20-22H,3-5,14-16H2,1-2H3,(H,25,27)/t21-,22-/m1/s1. The van der Waals surface area contributed by atoms with Gasteiger partial charge in [0.25, 0.3) is 5.91 Å². The highest BCUT2D eigenvalue weighted by Gasteiger charge is 2.38. The van der Waals surface area contributed by atoms with E-state index in [0.29, 0.717) is 17.6 Å². The number of piperidine rings is 2. The molecule has 1 amide bonds. The first-order valence-corrected chi connectivity index (χ1v) is 10.4. The minimum Gasteiger partial charge on any atom is -0.497 e. The maximum atomic E-state index is 12.7. The lowest BCUT2D eigenvalue weighted by Crippen LogP contribution is -2.56. The van der Waals surface area contributed by atoms with E-state index in [1.54, 1.807) is 7.11 Å². The number of hydrogen-bond donors (Lipinski definition) is 1. The van der Waals surface area contributed by atoms with Gasteiger partial charge in [-0.3, -0.25) is 9.69 Å². The summed E-state index contributed by atoms with van der Waals surface area (Å²) >= 11 is 0. The Labute approximate surface area is 167 Å². The number of amides is 1. The molecule has 4 rings (SSSR count). The Bertz CT molecular complexity index is 786. The van der Waals surface area contributed by atoms with Crippen molar-refractivity contribution < 1.29 is 9.53 Å². The third kappa shape index (κ3) is 4.22. The fourth-order valence-electron chi connectivity index (χ4n) is 4.77. The Kier molecular flexibility index (Phi) is 5.67. The predicted molar refractivity (Wildman–Crippen MR) is 112 cm³/mol. The molecule has 2 aromatic carbocycles. The van der Waals surface area contributed by atoms with Crippen LogP contribution in [0, 0.1) is 6.92 Å². The number of aryl methyl sites for hydroxylation is 1. The minimum absolute atomic E-state index is 0.0257. The van der Waals surface area contributed by atoms with E-state index in [-0.39, 0.29) is 11.9 Å². The molecular weight excluding hydrogens is 348 g/mol. The first kappa shape index (κ1) is 19.0. The Morgan fingerprint density at radius 2 is 1.68 bits per heavy atom. The second-order valence-electron chi connectivity index (χ2n) is 8.27. The lowest BCUT2D eigenvalue weighted by Gasteiger charge is -2.49. The monoisotopic (exact) mass is 378 g/mol. The van der Waals surface area contributed by atoms with Crippen LogP contribution in [0.1, 0.15) is 53.6 Å². The van der Waals surface area contributed by atoms with Crippen LogP contribution >= 0.6 is 0 Å². The fraction of sp³-hybridized carbons (Fsp3) is 0.458. The van der Waals surface area contributed by atoms with Gasteiger partial charge < -0.3 is 10.1 Å². The van der Waals surface area contributed by atoms with Crippen LogP contribution in [0.3, 0.4) is 0 Å². The second kappa shape index (κ2) is 8.36. The molecule has 2 fully saturated rings. The van der Waals surface area contributed by atoms with E-state index in [2.05, 4.69) is 41.4 Å². The minimum atomic E-state index is 0.0257. The summed E-state index contributed by atoms with van der Waals surface area (Å²) in [7, 11) is 1.64. The summed E-state index contributed by atoms with van der Waals surface area (Å²) in [5, 5.41) is 3.29. The third-order valence-corrected chi connectivity index (χ3v) is 6.30. The van der Waals surface area contributed by atoms with Crippen LogP contribution in [-0.2, 0) is 6.54 Å². The highest BCUT2D eigenvalue weighted by molar-refractivity contribution is 5.94. The van der Waals surface area contributed by atoms with E-state index >= 15 is 0 Å². The second-order valence-corrected chi connectivity index (χ2v) is 8.27. The van der Waals surface area contributed by atoms with Gasteiger partial charge in [-0.2, -0.15) is 0 Å². The van der Waals surface area contributed by atoms with E-state index in [1.807, 2.05) is 24.3 Å². The highest BCUT2D eigenvalue weighted by Crippen LogP contribution is 2.35. The molecule has 0 saturated carbocycles. The number of fused-ring (bicyclic) bond motifs is 2. The van der Waals surface area contributed by atoms with Crippen molar-refractivity contribution in [1.29, 1.82) is 0 Å². The molecule has 148 valence electrons. The van der Waals surface area contributed by atoms with E-state index in [9.17, 15) is 4.79 Å². The van der Waals surface area contributed by atoms with Crippen LogP contribution in [0.15, 0.2) is 48.5 Å². The van der Waals surface area contributed by atoms with Gasteiger partial charge in [-0.1, -0.05) is 36.2 Å². The summed E-state index contributed by atoms with van der Waals surface area (Å²) in [4.78, 5) is 15.4. The summed E-state index contributed by atoms with van der Waals surface area (Å²) < 4.78 is 5.18. The van der Waals surface area contributed by atoms with Crippen molar-refractivity contribution in [3.8, 4) is 5.75 Å². The van der Waals surface area contributed by atoms with Crippen molar-refractivity contribution in [2.24, 2.45) is 0 Å². The van der Waals surface area contributed by atoms with Gasteiger partial charge >= 0.3 is 0 Å². The number of carbonyl (C=O) groups excluding carboxylic acids is 1. The van der Waals surface area contributed by atoms with Crippen LogP contribution in [0.5, 0.6) is 5.75 Å². The van der Waals surface area contributed by atoms with E-state index in [1.165, 1.54) is 30.4 Å². The van der Waals surface area contributed by atoms with Gasteiger partial charge in [0, 0.05) is 30.2 Å². The molecule has 28 heavy (non-hydrogen) atoms. The Morgan fingerprint density at radius 1 is 1.04 bits per heavy atom. The molecule has 0 aromatic heterocycles. The molecule has 2 aliphatic heterocycles. The van der Waals surface area contributed by atoms with Crippen LogP contribution in [0.25, 0.3) is 0 Å². The molecule has 0 spiro atoms. The topological polar surface area (TPSA) is 41.6 Å². The third-order valence-electron chi connectivity index (χ3n) is 6.30. The molecule has 1 N–H and O–H groups in total. The molecule has 2 aromatic rings. The molecule has 0 unspecified atom stereocenters. The quantitative estimate of drug-likeness (QED) is 0.842. The summed E-state index contributed by atoms with van der Waals surface area (Å²) in [6, 6.07) is 17.7. The summed E-state index contributed by atoms with van der Waals surface area (Å²) in [5.41, 5.74) is 3.40. The highest BCUT2D eigenvalue weighted by atomic mass is 16.5. The maximum Gasteiger partial charge on any atom is 0.251 e. The van der Waals surface area contributed by atoms with Gasteiger partial charge in [-0.15, -0.1) is 0 Å². The number of benzene rings is 2. The zero-order chi connectivity index (χ0) is 19.5. The van der Waals surface area contributed by atoms with Crippen molar-refractivity contribution in [3.05, 3.63) is 65.2 Å². The number of rotatable bonds is 5. The lowest BCUT2D eigenvalue weighted by atomic mass is 9.81. The fourth-order valence-corrected chi connectivity index (χ4v) is 4.77. The van der Waals surface area contributed by atoms with Crippen molar-refractivity contribution in [3.63, 3.8) is 0 Å². The van der Waals surface area contributed by atoms with Crippen molar-refractivity contribution >= 4 is 5.91 Å². The lowest BCUT2D eigenvalue weighted by molar-refractivity contribution is 0.0177. The first-order chi connectivity index (χ1) is 13.6. The molecule has 2 atom stereocenters. The Balaban J connectivity index is 1.39. The Hall–Kier alpha value is -2.33. The normalized spacial score (nSPS) is 24.6. The number of nitrogens with zero attached hydrogens (tertiary/aromatic N) is 1. The SMILES string of the molecule is COc1ccc(C(=O)NC2C[C@H]3CCC[C@H](C2)N3Cc2ccc(C)cc2)cc1. The zero-order valence-corrected chi connectivity index (χ0v) is 16.9. The van der Waals surface area contributed by atoms with Gasteiger partial charge in [0.15, 0.2) is 0 Å². The molecule has 4 heteroatoms. The van der Waals surface area contributed by atoms with Gasteiger partial charge in [-0.05, 0) is 62.4 Å². The number of methoxy groups -OCH3 is 1. The van der Waals surface area contributed by atoms with E-state index in [0.717, 1.165) is 25.1 Å². The van der Waals surface area contributed by atoms with Crippen LogP contribution < -0.4 is 10.1 Å². The van der Waals surface area contributed by atoms with E-state index in [4.69, 9.17) is 4.74 Å². The van der Waals surface area contributed by atoms with Gasteiger partial charge in [-0.25, -0.2) is 0 Å². The maximum absolute atomic E-state index is 12.7. The zero-order valence-electron chi connectivity index (χ0n) is 16.9.